The van der Waals surface area contributed by atoms with Crippen molar-refractivity contribution in [2.24, 2.45) is 0 Å². The third-order valence-corrected chi connectivity index (χ3v) is 10.7. The van der Waals surface area contributed by atoms with E-state index in [4.69, 9.17) is 28.4 Å². The van der Waals surface area contributed by atoms with Crippen molar-refractivity contribution in [1.82, 2.24) is 0 Å². The zero-order valence-corrected chi connectivity index (χ0v) is 35.3. The van der Waals surface area contributed by atoms with Crippen LogP contribution < -0.4 is 0 Å². The monoisotopic (exact) mass is 835 g/mol. The lowest BCUT2D eigenvalue weighted by Crippen LogP contribution is -2.61. The molecule has 2 aliphatic rings. The lowest BCUT2D eigenvalue weighted by Gasteiger charge is -2.42. The predicted molar refractivity (Wildman–Crippen MR) is 215 cm³/mol. The van der Waals surface area contributed by atoms with Crippen molar-refractivity contribution in [3.63, 3.8) is 0 Å². The van der Waals surface area contributed by atoms with Gasteiger partial charge in [-0.15, -0.1) is 0 Å². The number of hydrogen-bond donors (Lipinski definition) is 7. The maximum Gasteiger partial charge on any atom is 0.306 e. The van der Waals surface area contributed by atoms with Gasteiger partial charge in [0.2, 0.25) is 0 Å². The van der Waals surface area contributed by atoms with Gasteiger partial charge in [-0.1, -0.05) is 116 Å². The molecule has 0 spiro atoms. The first-order chi connectivity index (χ1) is 28.0. The second kappa shape index (κ2) is 32.0. The molecule has 15 nitrogen and oxygen atoms in total. The highest BCUT2D eigenvalue weighted by molar-refractivity contribution is 5.70. The first-order valence-electron chi connectivity index (χ1n) is 22.3. The molecule has 7 N–H and O–H groups in total. The van der Waals surface area contributed by atoms with Gasteiger partial charge >= 0.3 is 11.9 Å². The highest BCUT2D eigenvalue weighted by Crippen LogP contribution is 2.26. The summed E-state index contributed by atoms with van der Waals surface area (Å²) in [5.41, 5.74) is 0. The van der Waals surface area contributed by atoms with Crippen molar-refractivity contribution in [2.75, 3.05) is 26.4 Å². The fourth-order valence-corrected chi connectivity index (χ4v) is 6.97. The number of ether oxygens (including phenoxy) is 6. The Morgan fingerprint density at radius 3 is 1.52 bits per heavy atom. The van der Waals surface area contributed by atoms with Gasteiger partial charge in [-0.2, -0.15) is 0 Å². The van der Waals surface area contributed by atoms with Crippen molar-refractivity contribution in [3.8, 4) is 0 Å². The summed E-state index contributed by atoms with van der Waals surface area (Å²) in [4.78, 5) is 25.3. The van der Waals surface area contributed by atoms with Crippen LogP contribution in [0.1, 0.15) is 155 Å². The molecule has 0 aromatic rings. The fraction of sp³-hybridized carbons (Fsp3) is 0.907. The highest BCUT2D eigenvalue weighted by atomic mass is 16.7. The van der Waals surface area contributed by atoms with E-state index in [1.807, 2.05) is 0 Å². The van der Waals surface area contributed by atoms with Crippen LogP contribution in [0, 0.1) is 0 Å². The molecular formula is C43H78O15. The van der Waals surface area contributed by atoms with Crippen LogP contribution in [0.25, 0.3) is 0 Å². The largest absolute Gasteiger partial charge is 0.462 e. The molecule has 0 aromatic heterocycles. The number of allylic oxidation sites excluding steroid dienone is 2. The molecule has 2 rings (SSSR count). The Kier molecular flexibility index (Phi) is 28.9. The summed E-state index contributed by atoms with van der Waals surface area (Å²) >= 11 is 0. The lowest BCUT2D eigenvalue weighted by molar-refractivity contribution is -0.332. The molecule has 0 aromatic carbocycles. The standard InChI is InChI=1S/C43H78O15/c1-3-5-7-9-10-11-12-13-14-15-16-17-18-19-20-22-24-26-35(46)56-31(28-53-34(45)25-23-21-8-6-4-2)29-54-42-41(52)39(50)37(48)33(58-42)30-55-43-40(51)38(49)36(47)32(27-44)57-43/h13-14,31-33,36-44,47-52H,3-12,15-30H2,1-2H3/b14-13-. The zero-order valence-electron chi connectivity index (χ0n) is 35.3. The normalized spacial score (nSPS) is 28.2. The molecule has 0 bridgehead atoms. The molecule has 2 saturated heterocycles. The van der Waals surface area contributed by atoms with Crippen LogP contribution in [-0.4, -0.2) is 142 Å². The Balaban J connectivity index is 1.80. The lowest BCUT2D eigenvalue weighted by atomic mass is 9.98. The Labute approximate surface area is 346 Å². The molecule has 2 fully saturated rings. The highest BCUT2D eigenvalue weighted by Gasteiger charge is 2.47. The second-order valence-electron chi connectivity index (χ2n) is 15.9. The van der Waals surface area contributed by atoms with Crippen LogP contribution >= 0.6 is 0 Å². The third-order valence-electron chi connectivity index (χ3n) is 10.7. The van der Waals surface area contributed by atoms with Gasteiger partial charge in [0.1, 0.15) is 55.4 Å². The summed E-state index contributed by atoms with van der Waals surface area (Å²) in [5.74, 6) is -0.942. The van der Waals surface area contributed by atoms with Gasteiger partial charge < -0.3 is 64.2 Å². The van der Waals surface area contributed by atoms with E-state index < -0.39 is 92.7 Å². The van der Waals surface area contributed by atoms with Crippen LogP contribution in [0.2, 0.25) is 0 Å². The molecular weight excluding hydrogens is 756 g/mol. The Bertz CT molecular complexity index is 1080. The van der Waals surface area contributed by atoms with Crippen molar-refractivity contribution in [1.29, 1.82) is 0 Å². The molecule has 0 radical (unpaired) electrons. The van der Waals surface area contributed by atoms with E-state index in [1.165, 1.54) is 57.8 Å². The number of carbonyl (C=O) groups excluding carboxylic acids is 2. The summed E-state index contributed by atoms with van der Waals surface area (Å²) in [6.07, 6.45) is 10.3. The van der Waals surface area contributed by atoms with E-state index in [9.17, 15) is 45.3 Å². The minimum absolute atomic E-state index is 0.163. The molecule has 11 atom stereocenters. The molecule has 0 amide bonds. The fourth-order valence-electron chi connectivity index (χ4n) is 6.97. The molecule has 2 heterocycles. The average Bonchev–Trinajstić information content (AvgIpc) is 3.21. The number of aliphatic hydroxyl groups is 7. The van der Waals surface area contributed by atoms with Crippen molar-refractivity contribution in [3.05, 3.63) is 12.2 Å². The summed E-state index contributed by atoms with van der Waals surface area (Å²) in [5, 5.41) is 71.6. The molecule has 58 heavy (non-hydrogen) atoms. The molecule has 11 unspecified atom stereocenters. The quantitative estimate of drug-likeness (QED) is 0.0278. The summed E-state index contributed by atoms with van der Waals surface area (Å²) in [7, 11) is 0. The first-order valence-corrected chi connectivity index (χ1v) is 22.3. The Morgan fingerprint density at radius 1 is 0.534 bits per heavy atom. The van der Waals surface area contributed by atoms with Crippen molar-refractivity contribution < 1.29 is 73.8 Å². The van der Waals surface area contributed by atoms with Crippen LogP contribution in [0.5, 0.6) is 0 Å². The van der Waals surface area contributed by atoms with Gasteiger partial charge in [-0.25, -0.2) is 0 Å². The second-order valence-corrected chi connectivity index (χ2v) is 15.9. The molecule has 0 aliphatic carbocycles. The molecule has 15 heteroatoms. The number of hydrogen-bond acceptors (Lipinski definition) is 15. The van der Waals surface area contributed by atoms with Crippen LogP contribution in [0.3, 0.4) is 0 Å². The van der Waals surface area contributed by atoms with E-state index in [2.05, 4.69) is 26.0 Å². The molecule has 0 saturated carbocycles. The summed E-state index contributed by atoms with van der Waals surface area (Å²) in [6, 6.07) is 0. The van der Waals surface area contributed by atoms with E-state index in [0.29, 0.717) is 12.8 Å². The minimum atomic E-state index is -1.76. The third kappa shape index (κ3) is 21.2. The van der Waals surface area contributed by atoms with E-state index in [-0.39, 0.29) is 26.1 Å². The Hall–Kier alpha value is -1.76. The number of carbonyl (C=O) groups is 2. The zero-order chi connectivity index (χ0) is 42.5. The number of rotatable bonds is 33. The van der Waals surface area contributed by atoms with Crippen molar-refractivity contribution >= 4 is 11.9 Å². The SMILES string of the molecule is CCCCCCCC/C=C\CCCCCCCCCC(=O)OC(COC(=O)CCCCCCC)COC1OC(COC2OC(CO)C(O)C(O)C2O)C(O)C(O)C1O. The topological polar surface area (TPSA) is 231 Å². The molecule has 340 valence electrons. The van der Waals surface area contributed by atoms with Crippen LogP contribution in [0.4, 0.5) is 0 Å². The van der Waals surface area contributed by atoms with Gasteiger partial charge in [-0.3, -0.25) is 9.59 Å². The summed E-state index contributed by atoms with van der Waals surface area (Å²) < 4.78 is 33.3. The number of esters is 2. The van der Waals surface area contributed by atoms with E-state index in [1.54, 1.807) is 0 Å². The average molecular weight is 835 g/mol. The predicted octanol–water partition coefficient (Wildman–Crippen LogP) is 4.26. The van der Waals surface area contributed by atoms with Crippen molar-refractivity contribution in [2.45, 2.75) is 223 Å². The maximum atomic E-state index is 12.9. The van der Waals surface area contributed by atoms with Crippen LogP contribution in [0.15, 0.2) is 12.2 Å². The minimum Gasteiger partial charge on any atom is -0.462 e. The van der Waals surface area contributed by atoms with Crippen LogP contribution in [-0.2, 0) is 38.0 Å². The number of unbranched alkanes of at least 4 members (excludes halogenated alkanes) is 17. The van der Waals surface area contributed by atoms with E-state index >= 15 is 0 Å². The van der Waals surface area contributed by atoms with Gasteiger partial charge in [0.05, 0.1) is 19.8 Å². The van der Waals surface area contributed by atoms with Gasteiger partial charge in [-0.05, 0) is 38.5 Å². The first kappa shape index (κ1) is 52.4. The Morgan fingerprint density at radius 2 is 0.983 bits per heavy atom. The molecule has 2 aliphatic heterocycles. The summed E-state index contributed by atoms with van der Waals surface area (Å²) in [6.45, 7) is 2.46. The van der Waals surface area contributed by atoms with Gasteiger partial charge in [0.25, 0.3) is 0 Å². The van der Waals surface area contributed by atoms with E-state index in [0.717, 1.165) is 57.8 Å². The maximum absolute atomic E-state index is 12.9. The van der Waals surface area contributed by atoms with Gasteiger partial charge in [0, 0.05) is 12.8 Å². The number of aliphatic hydroxyl groups excluding tert-OH is 7. The van der Waals surface area contributed by atoms with Gasteiger partial charge in [0.15, 0.2) is 18.7 Å². The smallest absolute Gasteiger partial charge is 0.306 e.